The maximum Gasteiger partial charge on any atom is 0.275 e. The number of benzene rings is 1. The smallest absolute Gasteiger partial charge is 0.275 e. The van der Waals surface area contributed by atoms with E-state index in [0.717, 1.165) is 0 Å². The summed E-state index contributed by atoms with van der Waals surface area (Å²) in [5.74, 6) is -0.558. The van der Waals surface area contributed by atoms with Crippen LogP contribution in [0, 0.1) is 5.82 Å². The summed E-state index contributed by atoms with van der Waals surface area (Å²) in [5.41, 5.74) is 0.372. The molecular formula is C15H17FN2O3. The van der Waals surface area contributed by atoms with Crippen LogP contribution in [0.25, 0.3) is 11.3 Å². The van der Waals surface area contributed by atoms with Crippen LogP contribution in [-0.4, -0.2) is 40.8 Å². The van der Waals surface area contributed by atoms with E-state index in [0.29, 0.717) is 13.0 Å². The van der Waals surface area contributed by atoms with Crippen LogP contribution >= 0.6 is 0 Å². The third kappa shape index (κ3) is 3.66. The van der Waals surface area contributed by atoms with Gasteiger partial charge in [-0.1, -0.05) is 17.3 Å². The largest absolute Gasteiger partial charge is 0.393 e. The molecule has 0 saturated heterocycles. The molecule has 0 aliphatic carbocycles. The van der Waals surface area contributed by atoms with E-state index in [4.69, 9.17) is 4.52 Å². The first-order valence-corrected chi connectivity index (χ1v) is 6.64. The highest BCUT2D eigenvalue weighted by Gasteiger charge is 2.19. The first-order chi connectivity index (χ1) is 9.99. The highest BCUT2D eigenvalue weighted by atomic mass is 19.1. The van der Waals surface area contributed by atoms with Crippen molar-refractivity contribution in [3.8, 4) is 11.3 Å². The molecule has 112 valence electrons. The van der Waals surface area contributed by atoms with E-state index in [-0.39, 0.29) is 22.9 Å². The summed E-state index contributed by atoms with van der Waals surface area (Å²) in [6, 6.07) is 7.54. The van der Waals surface area contributed by atoms with E-state index in [1.165, 1.54) is 17.0 Å². The Morgan fingerprint density at radius 3 is 2.86 bits per heavy atom. The molecule has 1 amide bonds. The monoisotopic (exact) mass is 292 g/mol. The van der Waals surface area contributed by atoms with Gasteiger partial charge in [0, 0.05) is 19.7 Å². The van der Waals surface area contributed by atoms with Crippen LogP contribution < -0.4 is 0 Å². The zero-order valence-electron chi connectivity index (χ0n) is 11.9. The van der Waals surface area contributed by atoms with Gasteiger partial charge in [-0.05, 0) is 25.5 Å². The third-order valence-corrected chi connectivity index (χ3v) is 3.10. The fourth-order valence-corrected chi connectivity index (χ4v) is 1.84. The average molecular weight is 292 g/mol. The summed E-state index contributed by atoms with van der Waals surface area (Å²) in [6.45, 7) is 2.06. The Bertz CT molecular complexity index is 625. The molecule has 2 rings (SSSR count). The van der Waals surface area contributed by atoms with Crippen LogP contribution in [0.3, 0.4) is 0 Å². The van der Waals surface area contributed by atoms with E-state index in [9.17, 15) is 14.3 Å². The van der Waals surface area contributed by atoms with Crippen LogP contribution in [0.5, 0.6) is 0 Å². The van der Waals surface area contributed by atoms with Crippen molar-refractivity contribution in [3.63, 3.8) is 0 Å². The van der Waals surface area contributed by atoms with Gasteiger partial charge in [0.25, 0.3) is 5.91 Å². The number of amides is 1. The Balaban J connectivity index is 2.13. The summed E-state index contributed by atoms with van der Waals surface area (Å²) >= 11 is 0. The molecule has 2 aromatic rings. The number of nitrogens with zero attached hydrogens (tertiary/aromatic N) is 2. The number of hydrogen-bond acceptors (Lipinski definition) is 4. The van der Waals surface area contributed by atoms with Crippen LogP contribution in [0.2, 0.25) is 0 Å². The topological polar surface area (TPSA) is 66.6 Å². The van der Waals surface area contributed by atoms with E-state index < -0.39 is 11.9 Å². The summed E-state index contributed by atoms with van der Waals surface area (Å²) in [5, 5.41) is 12.9. The molecule has 1 heterocycles. The van der Waals surface area contributed by atoms with Gasteiger partial charge in [0.15, 0.2) is 11.5 Å². The van der Waals surface area contributed by atoms with Gasteiger partial charge in [0.05, 0.1) is 11.7 Å². The van der Waals surface area contributed by atoms with Gasteiger partial charge in [-0.2, -0.15) is 0 Å². The van der Waals surface area contributed by atoms with Crippen molar-refractivity contribution in [2.45, 2.75) is 19.4 Å². The lowest BCUT2D eigenvalue weighted by Gasteiger charge is -2.16. The van der Waals surface area contributed by atoms with Gasteiger partial charge in [-0.25, -0.2) is 4.39 Å². The Hall–Kier alpha value is -2.21. The summed E-state index contributed by atoms with van der Waals surface area (Å²) in [4.78, 5) is 13.6. The Labute approximate surface area is 122 Å². The maximum absolute atomic E-state index is 13.6. The van der Waals surface area contributed by atoms with E-state index >= 15 is 0 Å². The number of carbonyl (C=O) groups excluding carboxylic acids is 1. The number of rotatable bonds is 5. The molecule has 0 aliphatic heterocycles. The van der Waals surface area contributed by atoms with E-state index in [2.05, 4.69) is 5.16 Å². The molecule has 0 aliphatic rings. The molecule has 5 nitrogen and oxygen atoms in total. The van der Waals surface area contributed by atoms with Crippen molar-refractivity contribution in [1.29, 1.82) is 0 Å². The predicted octanol–water partition coefficient (Wildman–Crippen LogP) is 2.32. The molecule has 1 atom stereocenters. The van der Waals surface area contributed by atoms with Gasteiger partial charge >= 0.3 is 0 Å². The van der Waals surface area contributed by atoms with Crippen LogP contribution in [0.4, 0.5) is 4.39 Å². The minimum Gasteiger partial charge on any atom is -0.393 e. The number of carbonyl (C=O) groups is 1. The van der Waals surface area contributed by atoms with Crippen molar-refractivity contribution in [2.75, 3.05) is 13.6 Å². The van der Waals surface area contributed by atoms with Gasteiger partial charge in [0.1, 0.15) is 5.82 Å². The third-order valence-electron chi connectivity index (χ3n) is 3.10. The lowest BCUT2D eigenvalue weighted by molar-refractivity contribution is 0.0759. The number of hydrogen-bond donors (Lipinski definition) is 1. The standard InChI is InChI=1S/C15H17FN2O3/c1-10(19)7-8-18(2)15(20)13-9-14(21-17-13)11-5-3-4-6-12(11)16/h3-6,9-10,19H,7-8H2,1-2H3. The zero-order valence-corrected chi connectivity index (χ0v) is 11.9. The van der Waals surface area contributed by atoms with Crippen molar-refractivity contribution in [1.82, 2.24) is 10.1 Å². The molecule has 0 saturated carbocycles. The lowest BCUT2D eigenvalue weighted by Crippen LogP contribution is -2.29. The molecule has 1 aromatic carbocycles. The van der Waals surface area contributed by atoms with Gasteiger partial charge in [-0.3, -0.25) is 4.79 Å². The van der Waals surface area contributed by atoms with Crippen LogP contribution in [0.15, 0.2) is 34.9 Å². The number of aliphatic hydroxyl groups is 1. The number of aromatic nitrogens is 1. The Morgan fingerprint density at radius 1 is 1.48 bits per heavy atom. The molecule has 0 fully saturated rings. The van der Waals surface area contributed by atoms with Crippen LogP contribution in [-0.2, 0) is 0 Å². The molecular weight excluding hydrogens is 275 g/mol. The SMILES string of the molecule is CC(O)CCN(C)C(=O)c1cc(-c2ccccc2F)on1. The fraction of sp³-hybridized carbons (Fsp3) is 0.333. The lowest BCUT2D eigenvalue weighted by atomic mass is 10.1. The van der Waals surface area contributed by atoms with Gasteiger partial charge in [0.2, 0.25) is 0 Å². The van der Waals surface area contributed by atoms with Crippen molar-refractivity contribution < 1.29 is 18.8 Å². The van der Waals surface area contributed by atoms with Crippen molar-refractivity contribution in [2.24, 2.45) is 0 Å². The van der Waals surface area contributed by atoms with E-state index in [1.807, 2.05) is 0 Å². The molecule has 1 N–H and O–H groups in total. The fourth-order valence-electron chi connectivity index (χ4n) is 1.84. The average Bonchev–Trinajstić information content (AvgIpc) is 2.94. The first kappa shape index (κ1) is 15.2. The first-order valence-electron chi connectivity index (χ1n) is 6.64. The zero-order chi connectivity index (χ0) is 15.4. The summed E-state index contributed by atoms with van der Waals surface area (Å²) < 4.78 is 18.7. The normalized spacial score (nSPS) is 12.2. The summed E-state index contributed by atoms with van der Waals surface area (Å²) in [6.07, 6.45) is -0.00758. The highest BCUT2D eigenvalue weighted by Crippen LogP contribution is 2.23. The van der Waals surface area contributed by atoms with Crippen molar-refractivity contribution >= 4 is 5.91 Å². The van der Waals surface area contributed by atoms with Crippen LogP contribution in [0.1, 0.15) is 23.8 Å². The predicted molar refractivity (Wildman–Crippen MR) is 75.2 cm³/mol. The second kappa shape index (κ2) is 6.49. The molecule has 6 heteroatoms. The Morgan fingerprint density at radius 2 is 2.19 bits per heavy atom. The minimum atomic E-state index is -0.480. The quantitative estimate of drug-likeness (QED) is 0.918. The van der Waals surface area contributed by atoms with E-state index in [1.54, 1.807) is 32.2 Å². The second-order valence-corrected chi connectivity index (χ2v) is 4.92. The second-order valence-electron chi connectivity index (χ2n) is 4.92. The molecule has 0 radical (unpaired) electrons. The molecule has 0 spiro atoms. The summed E-state index contributed by atoms with van der Waals surface area (Å²) in [7, 11) is 1.61. The molecule has 21 heavy (non-hydrogen) atoms. The number of halogens is 1. The van der Waals surface area contributed by atoms with Crippen molar-refractivity contribution in [3.05, 3.63) is 41.8 Å². The molecule has 1 unspecified atom stereocenters. The molecule has 0 bridgehead atoms. The maximum atomic E-state index is 13.6. The minimum absolute atomic E-state index is 0.112. The van der Waals surface area contributed by atoms with Gasteiger partial charge < -0.3 is 14.5 Å². The van der Waals surface area contributed by atoms with Gasteiger partial charge in [-0.15, -0.1) is 0 Å². The highest BCUT2D eigenvalue weighted by molar-refractivity contribution is 5.92. The number of aliphatic hydroxyl groups excluding tert-OH is 1. The Kier molecular flexibility index (Phi) is 4.70. The molecule has 1 aromatic heterocycles.